The Morgan fingerprint density at radius 3 is 2.82 bits per heavy atom. The molecular weight excluding hydrogens is 240 g/mol. The number of rotatable bonds is 7. The van der Waals surface area contributed by atoms with E-state index in [-0.39, 0.29) is 5.69 Å². The lowest BCUT2D eigenvalue weighted by Crippen LogP contribution is -2.12. The lowest BCUT2D eigenvalue weighted by Gasteiger charge is -2.06. The van der Waals surface area contributed by atoms with Gasteiger partial charge in [0.25, 0.3) is 0 Å². The van der Waals surface area contributed by atoms with Gasteiger partial charge in [0, 0.05) is 18.0 Å². The molecule has 1 heterocycles. The van der Waals surface area contributed by atoms with E-state index in [9.17, 15) is 4.79 Å². The highest BCUT2D eigenvalue weighted by Gasteiger charge is 2.13. The normalized spacial score (nSPS) is 10.8. The summed E-state index contributed by atoms with van der Waals surface area (Å²) in [7, 11) is 0. The van der Waals surface area contributed by atoms with E-state index in [1.807, 2.05) is 0 Å². The summed E-state index contributed by atoms with van der Waals surface area (Å²) in [6.07, 6.45) is 0. The van der Waals surface area contributed by atoms with Crippen molar-refractivity contribution < 1.29 is 14.6 Å². The number of hydrogen-bond acceptors (Lipinski definition) is 5. The summed E-state index contributed by atoms with van der Waals surface area (Å²) in [5, 5.41) is 12.5. The first kappa shape index (κ1) is 13.9. The van der Waals surface area contributed by atoms with Crippen molar-refractivity contribution >= 4 is 22.4 Å². The third kappa shape index (κ3) is 4.70. The van der Waals surface area contributed by atoms with Gasteiger partial charge < -0.3 is 15.2 Å². The number of carbonyl (C=O) groups is 1. The molecule has 0 bridgehead atoms. The molecule has 0 radical (unpaired) electrons. The summed E-state index contributed by atoms with van der Waals surface area (Å²) in [5.74, 6) is -0.460. The van der Waals surface area contributed by atoms with E-state index < -0.39 is 5.97 Å². The minimum Gasteiger partial charge on any atom is -0.476 e. The largest absolute Gasteiger partial charge is 0.476 e. The van der Waals surface area contributed by atoms with Gasteiger partial charge >= 0.3 is 5.97 Å². The molecule has 0 aliphatic heterocycles. The van der Waals surface area contributed by atoms with Gasteiger partial charge in [-0.15, -0.1) is 11.3 Å². The number of nitrogens with one attached hydrogen (secondary N) is 1. The third-order valence-electron chi connectivity index (χ3n) is 1.97. The van der Waals surface area contributed by atoms with E-state index in [0.29, 0.717) is 29.1 Å². The molecule has 0 spiro atoms. The molecule has 17 heavy (non-hydrogen) atoms. The number of aromatic carboxylic acids is 1. The first-order valence-electron chi connectivity index (χ1n) is 5.53. The third-order valence-corrected chi connectivity index (χ3v) is 2.90. The van der Waals surface area contributed by atoms with Gasteiger partial charge in [-0.2, -0.15) is 0 Å². The number of thiazole rings is 1. The van der Waals surface area contributed by atoms with Crippen molar-refractivity contribution in [2.75, 3.05) is 25.1 Å². The molecule has 0 amide bonds. The molecule has 0 saturated heterocycles. The number of carboxylic acids is 1. The molecule has 0 saturated carbocycles. The zero-order valence-corrected chi connectivity index (χ0v) is 11.1. The Hall–Kier alpha value is -1.14. The molecule has 1 aromatic heterocycles. The lowest BCUT2D eigenvalue weighted by atomic mass is 10.2. The van der Waals surface area contributed by atoms with Gasteiger partial charge in [-0.25, -0.2) is 9.78 Å². The van der Waals surface area contributed by atoms with Crippen molar-refractivity contribution in [2.45, 2.75) is 20.8 Å². The summed E-state index contributed by atoms with van der Waals surface area (Å²) < 4.78 is 5.40. The average Bonchev–Trinajstić information content (AvgIpc) is 2.59. The van der Waals surface area contributed by atoms with Crippen LogP contribution in [-0.2, 0) is 4.74 Å². The first-order valence-corrected chi connectivity index (χ1v) is 6.34. The molecular formula is C11H18N2O3S. The molecule has 0 fully saturated rings. The summed E-state index contributed by atoms with van der Waals surface area (Å²) in [4.78, 5) is 15.5. The van der Waals surface area contributed by atoms with Crippen molar-refractivity contribution in [3.05, 3.63) is 10.6 Å². The SMILES string of the molecule is Cc1sc(NCCOCC(C)C)nc1C(=O)O. The average molecular weight is 258 g/mol. The van der Waals surface area contributed by atoms with Crippen LogP contribution in [0.5, 0.6) is 0 Å². The van der Waals surface area contributed by atoms with Gasteiger partial charge in [0.1, 0.15) is 0 Å². The van der Waals surface area contributed by atoms with E-state index in [1.165, 1.54) is 11.3 Å². The first-order chi connectivity index (χ1) is 8.00. The van der Waals surface area contributed by atoms with E-state index in [1.54, 1.807) is 6.92 Å². The minimum atomic E-state index is -0.983. The van der Waals surface area contributed by atoms with Gasteiger partial charge in [0.2, 0.25) is 0 Å². The van der Waals surface area contributed by atoms with Crippen LogP contribution in [0.1, 0.15) is 29.2 Å². The lowest BCUT2D eigenvalue weighted by molar-refractivity contribution is 0.0690. The standard InChI is InChI=1S/C11H18N2O3S/c1-7(2)6-16-5-4-12-11-13-9(10(14)15)8(3)17-11/h7H,4-6H2,1-3H3,(H,12,13)(H,14,15). The van der Waals surface area contributed by atoms with Gasteiger partial charge in [-0.3, -0.25) is 0 Å². The molecule has 0 aliphatic rings. The Morgan fingerprint density at radius 1 is 1.59 bits per heavy atom. The molecule has 2 N–H and O–H groups in total. The molecule has 6 heteroatoms. The maximum absolute atomic E-state index is 10.8. The van der Waals surface area contributed by atoms with Crippen LogP contribution >= 0.6 is 11.3 Å². The van der Waals surface area contributed by atoms with Crippen molar-refractivity contribution in [1.29, 1.82) is 0 Å². The van der Waals surface area contributed by atoms with Crippen LogP contribution < -0.4 is 5.32 Å². The minimum absolute atomic E-state index is 0.126. The van der Waals surface area contributed by atoms with Crippen LogP contribution in [0.3, 0.4) is 0 Å². The van der Waals surface area contributed by atoms with E-state index in [2.05, 4.69) is 24.1 Å². The number of aryl methyl sites for hydroxylation is 1. The summed E-state index contributed by atoms with van der Waals surface area (Å²) in [5.41, 5.74) is 0.126. The van der Waals surface area contributed by atoms with Crippen LogP contribution in [0.15, 0.2) is 0 Å². The van der Waals surface area contributed by atoms with Crippen LogP contribution in [0.25, 0.3) is 0 Å². The Kier molecular flexibility index (Phi) is 5.37. The van der Waals surface area contributed by atoms with Gasteiger partial charge in [-0.05, 0) is 12.8 Å². The van der Waals surface area contributed by atoms with Gasteiger partial charge in [0.15, 0.2) is 10.8 Å². The van der Waals surface area contributed by atoms with E-state index in [0.717, 1.165) is 6.61 Å². The molecule has 0 aliphatic carbocycles. The maximum Gasteiger partial charge on any atom is 0.355 e. The number of carboxylic acid groups (broad SMARTS) is 1. The van der Waals surface area contributed by atoms with Crippen molar-refractivity contribution in [1.82, 2.24) is 4.98 Å². The predicted molar refractivity (Wildman–Crippen MR) is 68.0 cm³/mol. The number of hydrogen-bond donors (Lipinski definition) is 2. The topological polar surface area (TPSA) is 71.5 Å². The van der Waals surface area contributed by atoms with Crippen molar-refractivity contribution in [3.8, 4) is 0 Å². The van der Waals surface area contributed by atoms with Crippen molar-refractivity contribution in [3.63, 3.8) is 0 Å². The quantitative estimate of drug-likeness (QED) is 0.734. The highest BCUT2D eigenvalue weighted by Crippen LogP contribution is 2.21. The molecule has 1 aromatic rings. The fourth-order valence-electron chi connectivity index (χ4n) is 1.22. The predicted octanol–water partition coefficient (Wildman–Crippen LogP) is 2.23. The Morgan fingerprint density at radius 2 is 2.29 bits per heavy atom. The fourth-order valence-corrected chi connectivity index (χ4v) is 2.05. The monoisotopic (exact) mass is 258 g/mol. The highest BCUT2D eigenvalue weighted by molar-refractivity contribution is 7.15. The molecule has 5 nitrogen and oxygen atoms in total. The molecule has 96 valence electrons. The summed E-state index contributed by atoms with van der Waals surface area (Å²) >= 11 is 1.35. The Bertz CT molecular complexity index is 377. The number of aromatic nitrogens is 1. The Labute approximate surface area is 105 Å². The van der Waals surface area contributed by atoms with Crippen molar-refractivity contribution in [2.24, 2.45) is 5.92 Å². The molecule has 1 rings (SSSR count). The summed E-state index contributed by atoms with van der Waals surface area (Å²) in [6, 6.07) is 0. The highest BCUT2D eigenvalue weighted by atomic mass is 32.1. The van der Waals surface area contributed by atoms with Crippen LogP contribution in [0, 0.1) is 12.8 Å². The van der Waals surface area contributed by atoms with Crippen LogP contribution in [-0.4, -0.2) is 35.8 Å². The molecule has 0 unspecified atom stereocenters. The molecule has 0 aromatic carbocycles. The van der Waals surface area contributed by atoms with Gasteiger partial charge in [0.05, 0.1) is 6.61 Å². The van der Waals surface area contributed by atoms with Crippen LogP contribution in [0.2, 0.25) is 0 Å². The number of nitrogens with zero attached hydrogens (tertiary/aromatic N) is 1. The van der Waals surface area contributed by atoms with Crippen LogP contribution in [0.4, 0.5) is 5.13 Å². The van der Waals surface area contributed by atoms with E-state index >= 15 is 0 Å². The summed E-state index contributed by atoms with van der Waals surface area (Å²) in [6.45, 7) is 7.91. The zero-order chi connectivity index (χ0) is 12.8. The molecule has 0 atom stereocenters. The second kappa shape index (κ2) is 6.56. The Balaban J connectivity index is 2.32. The second-order valence-corrected chi connectivity index (χ2v) is 5.33. The number of ether oxygens (including phenoxy) is 1. The van der Waals surface area contributed by atoms with E-state index in [4.69, 9.17) is 9.84 Å². The smallest absolute Gasteiger partial charge is 0.355 e. The van der Waals surface area contributed by atoms with Gasteiger partial charge in [-0.1, -0.05) is 13.8 Å². The maximum atomic E-state index is 10.8. The second-order valence-electron chi connectivity index (χ2n) is 4.12. The fraction of sp³-hybridized carbons (Fsp3) is 0.636. The number of anilines is 1. The zero-order valence-electron chi connectivity index (χ0n) is 10.3.